The highest BCUT2D eigenvalue weighted by molar-refractivity contribution is 8.02. The highest BCUT2D eigenvalue weighted by atomic mass is 32.2. The molecule has 2 N–H and O–H groups in total. The fourth-order valence-electron chi connectivity index (χ4n) is 1.55. The monoisotopic (exact) mass is 249 g/mol. The Morgan fingerprint density at radius 3 is 2.47 bits per heavy atom. The van der Waals surface area contributed by atoms with Crippen molar-refractivity contribution in [1.82, 2.24) is 9.84 Å². The topological polar surface area (TPSA) is 44.4 Å². The molecule has 2 rings (SSSR count). The standard InChI is InChI=1S/C12H15N3OS/c1-8-4-6-10(7-5-8)13-12(16)11-9(2)14-15(3)17-11/h4-7,14H,1-3H3,(H,13,16). The van der Waals surface area contributed by atoms with Crippen LogP contribution in [0.5, 0.6) is 0 Å². The van der Waals surface area contributed by atoms with Gasteiger partial charge in [-0.25, -0.2) is 0 Å². The van der Waals surface area contributed by atoms with Crippen molar-refractivity contribution in [3.8, 4) is 0 Å². The van der Waals surface area contributed by atoms with E-state index in [1.807, 2.05) is 45.2 Å². The van der Waals surface area contributed by atoms with Crippen LogP contribution in [0.15, 0.2) is 34.9 Å². The van der Waals surface area contributed by atoms with Crippen molar-refractivity contribution in [3.63, 3.8) is 0 Å². The fourth-order valence-corrected chi connectivity index (χ4v) is 2.32. The van der Waals surface area contributed by atoms with E-state index in [0.29, 0.717) is 4.91 Å². The number of hydrogen-bond donors (Lipinski definition) is 2. The quantitative estimate of drug-likeness (QED) is 0.789. The Balaban J connectivity index is 2.07. The van der Waals surface area contributed by atoms with E-state index in [2.05, 4.69) is 10.7 Å². The van der Waals surface area contributed by atoms with Gasteiger partial charge in [0.25, 0.3) is 5.91 Å². The molecule has 0 fully saturated rings. The lowest BCUT2D eigenvalue weighted by Gasteiger charge is -2.07. The van der Waals surface area contributed by atoms with Crippen LogP contribution in [0, 0.1) is 6.92 Å². The van der Waals surface area contributed by atoms with Crippen LogP contribution in [-0.2, 0) is 4.79 Å². The first-order chi connectivity index (χ1) is 8.06. The number of amides is 1. The van der Waals surface area contributed by atoms with E-state index >= 15 is 0 Å². The Morgan fingerprint density at radius 1 is 1.29 bits per heavy atom. The number of carbonyl (C=O) groups excluding carboxylic acids is 1. The van der Waals surface area contributed by atoms with E-state index in [0.717, 1.165) is 11.4 Å². The molecule has 5 heteroatoms. The number of aryl methyl sites for hydroxylation is 1. The summed E-state index contributed by atoms with van der Waals surface area (Å²) in [5.41, 5.74) is 5.93. The predicted molar refractivity (Wildman–Crippen MR) is 71.0 cm³/mol. The van der Waals surface area contributed by atoms with Gasteiger partial charge in [0, 0.05) is 18.4 Å². The van der Waals surface area contributed by atoms with Crippen LogP contribution in [0.25, 0.3) is 0 Å². The number of hydrogen-bond acceptors (Lipinski definition) is 4. The third kappa shape index (κ3) is 2.81. The molecule has 0 saturated heterocycles. The number of nitrogens with zero attached hydrogens (tertiary/aromatic N) is 1. The molecule has 0 aromatic heterocycles. The minimum absolute atomic E-state index is 0.0757. The van der Waals surface area contributed by atoms with Crippen molar-refractivity contribution in [2.24, 2.45) is 0 Å². The molecule has 1 aromatic rings. The van der Waals surface area contributed by atoms with Gasteiger partial charge in [0.05, 0.1) is 0 Å². The SMILES string of the molecule is CC1=C(C(=O)Nc2ccc(C)cc2)SN(C)N1. The second-order valence-electron chi connectivity index (χ2n) is 3.97. The van der Waals surface area contributed by atoms with Crippen LogP contribution in [0.2, 0.25) is 0 Å². The second kappa shape index (κ2) is 4.81. The third-order valence-electron chi connectivity index (χ3n) is 2.41. The summed E-state index contributed by atoms with van der Waals surface area (Å²) in [4.78, 5) is 12.7. The summed E-state index contributed by atoms with van der Waals surface area (Å²) in [5.74, 6) is -0.0757. The first kappa shape index (κ1) is 12.0. The molecule has 0 bridgehead atoms. The number of benzene rings is 1. The Labute approximate surface area is 105 Å². The molecule has 17 heavy (non-hydrogen) atoms. The summed E-state index contributed by atoms with van der Waals surface area (Å²) >= 11 is 1.39. The molecule has 0 atom stereocenters. The summed E-state index contributed by atoms with van der Waals surface area (Å²) in [6, 6.07) is 7.76. The van der Waals surface area contributed by atoms with Gasteiger partial charge in [-0.05, 0) is 37.9 Å². The number of nitrogens with one attached hydrogen (secondary N) is 2. The first-order valence-electron chi connectivity index (χ1n) is 5.33. The van der Waals surface area contributed by atoms with Crippen molar-refractivity contribution in [1.29, 1.82) is 0 Å². The van der Waals surface area contributed by atoms with E-state index in [4.69, 9.17) is 0 Å². The largest absolute Gasteiger partial charge is 0.321 e. The zero-order chi connectivity index (χ0) is 12.4. The molecule has 4 nitrogen and oxygen atoms in total. The molecule has 1 aromatic carbocycles. The van der Waals surface area contributed by atoms with E-state index in [1.165, 1.54) is 17.5 Å². The van der Waals surface area contributed by atoms with Crippen LogP contribution < -0.4 is 10.7 Å². The van der Waals surface area contributed by atoms with Crippen LogP contribution in [0.3, 0.4) is 0 Å². The fraction of sp³-hybridized carbons (Fsp3) is 0.250. The maximum atomic E-state index is 12.0. The Bertz CT molecular complexity index is 467. The van der Waals surface area contributed by atoms with Gasteiger partial charge in [0.15, 0.2) is 0 Å². The minimum Gasteiger partial charge on any atom is -0.321 e. The number of rotatable bonds is 2. The van der Waals surface area contributed by atoms with E-state index < -0.39 is 0 Å². The van der Waals surface area contributed by atoms with Crippen LogP contribution in [0.1, 0.15) is 12.5 Å². The number of allylic oxidation sites excluding steroid dienone is 1. The van der Waals surface area contributed by atoms with Crippen molar-refractivity contribution in [3.05, 3.63) is 40.4 Å². The lowest BCUT2D eigenvalue weighted by atomic mass is 10.2. The Hall–Kier alpha value is -1.46. The summed E-state index contributed by atoms with van der Waals surface area (Å²) in [6.45, 7) is 3.91. The molecule has 90 valence electrons. The maximum Gasteiger partial charge on any atom is 0.265 e. The highest BCUT2D eigenvalue weighted by Gasteiger charge is 2.22. The van der Waals surface area contributed by atoms with Gasteiger partial charge < -0.3 is 10.7 Å². The van der Waals surface area contributed by atoms with Crippen LogP contribution in [0.4, 0.5) is 5.69 Å². The van der Waals surface area contributed by atoms with Crippen molar-refractivity contribution < 1.29 is 4.79 Å². The molecular formula is C12H15N3OS. The minimum atomic E-state index is -0.0757. The zero-order valence-corrected chi connectivity index (χ0v) is 10.9. The summed E-state index contributed by atoms with van der Waals surface area (Å²) in [7, 11) is 1.88. The van der Waals surface area contributed by atoms with Gasteiger partial charge in [-0.1, -0.05) is 17.7 Å². The number of hydrazine groups is 1. The van der Waals surface area contributed by atoms with E-state index in [1.54, 1.807) is 4.41 Å². The molecular weight excluding hydrogens is 234 g/mol. The maximum absolute atomic E-state index is 12.0. The molecule has 1 heterocycles. The van der Waals surface area contributed by atoms with Crippen molar-refractivity contribution >= 4 is 23.5 Å². The van der Waals surface area contributed by atoms with Crippen LogP contribution >= 0.6 is 11.9 Å². The molecule has 1 aliphatic heterocycles. The normalized spacial score (nSPS) is 15.9. The van der Waals surface area contributed by atoms with Gasteiger partial charge in [-0.15, -0.1) is 0 Å². The van der Waals surface area contributed by atoms with Crippen LogP contribution in [-0.4, -0.2) is 17.4 Å². The van der Waals surface area contributed by atoms with Gasteiger partial charge in [-0.2, -0.15) is 4.41 Å². The summed E-state index contributed by atoms with van der Waals surface area (Å²) in [6.07, 6.45) is 0. The average molecular weight is 249 g/mol. The molecule has 0 saturated carbocycles. The molecule has 0 aliphatic carbocycles. The zero-order valence-electron chi connectivity index (χ0n) is 10.1. The van der Waals surface area contributed by atoms with Gasteiger partial charge in [-0.3, -0.25) is 4.79 Å². The first-order valence-corrected chi connectivity index (χ1v) is 6.11. The number of carbonyl (C=O) groups is 1. The summed E-state index contributed by atoms with van der Waals surface area (Å²) in [5, 5.41) is 2.88. The second-order valence-corrected chi connectivity index (χ2v) is 5.11. The van der Waals surface area contributed by atoms with Crippen molar-refractivity contribution in [2.75, 3.05) is 12.4 Å². The van der Waals surface area contributed by atoms with Crippen molar-refractivity contribution in [2.45, 2.75) is 13.8 Å². The lowest BCUT2D eigenvalue weighted by molar-refractivity contribution is -0.112. The van der Waals surface area contributed by atoms with Gasteiger partial charge in [0.1, 0.15) is 4.91 Å². The summed E-state index contributed by atoms with van der Waals surface area (Å²) < 4.78 is 1.80. The molecule has 1 amide bonds. The average Bonchev–Trinajstić information content (AvgIpc) is 2.61. The third-order valence-corrected chi connectivity index (χ3v) is 3.45. The van der Waals surface area contributed by atoms with Gasteiger partial charge >= 0.3 is 0 Å². The molecule has 1 aliphatic rings. The smallest absolute Gasteiger partial charge is 0.265 e. The van der Waals surface area contributed by atoms with E-state index in [9.17, 15) is 4.79 Å². The molecule has 0 radical (unpaired) electrons. The number of anilines is 1. The van der Waals surface area contributed by atoms with Gasteiger partial charge in [0.2, 0.25) is 0 Å². The van der Waals surface area contributed by atoms with E-state index in [-0.39, 0.29) is 5.91 Å². The Morgan fingerprint density at radius 2 is 1.94 bits per heavy atom. The lowest BCUT2D eigenvalue weighted by Crippen LogP contribution is -2.20. The molecule has 0 spiro atoms. The Kier molecular flexibility index (Phi) is 3.40. The highest BCUT2D eigenvalue weighted by Crippen LogP contribution is 2.28. The predicted octanol–water partition coefficient (Wildman–Crippen LogP) is 2.26. The molecule has 0 unspecified atom stereocenters.